The number of nitrogens with zero attached hydrogens (tertiary/aromatic N) is 4. The molecule has 0 aromatic carbocycles. The standard InChI is InChI=1S/C13H15N5S/c1-9-4-3-5-10(17-9)8-18(2)12-7-15-11(6-16-12)13(14)19/h3-7H,8H2,1-2H3,(H2,14,19). The fourth-order valence-corrected chi connectivity index (χ4v) is 1.76. The molecule has 2 aromatic heterocycles. The van der Waals surface area contributed by atoms with Crippen molar-refractivity contribution in [2.45, 2.75) is 13.5 Å². The Labute approximate surface area is 117 Å². The molecule has 0 spiro atoms. The number of anilines is 1. The second kappa shape index (κ2) is 5.71. The van der Waals surface area contributed by atoms with Gasteiger partial charge in [-0.25, -0.2) is 9.97 Å². The van der Waals surface area contributed by atoms with Crippen LogP contribution in [0.3, 0.4) is 0 Å². The summed E-state index contributed by atoms with van der Waals surface area (Å²) in [7, 11) is 1.94. The van der Waals surface area contributed by atoms with Crippen LogP contribution < -0.4 is 10.6 Å². The van der Waals surface area contributed by atoms with Crippen molar-refractivity contribution in [3.8, 4) is 0 Å². The van der Waals surface area contributed by atoms with E-state index < -0.39 is 0 Å². The van der Waals surface area contributed by atoms with Crippen molar-refractivity contribution in [3.05, 3.63) is 47.7 Å². The molecule has 0 aliphatic rings. The van der Waals surface area contributed by atoms with Crippen molar-refractivity contribution >= 4 is 23.0 Å². The van der Waals surface area contributed by atoms with E-state index >= 15 is 0 Å². The quantitative estimate of drug-likeness (QED) is 0.850. The number of hydrogen-bond acceptors (Lipinski definition) is 5. The third-order valence-corrected chi connectivity index (χ3v) is 2.84. The van der Waals surface area contributed by atoms with Crippen molar-refractivity contribution in [2.24, 2.45) is 5.73 Å². The third-order valence-electron chi connectivity index (χ3n) is 2.63. The lowest BCUT2D eigenvalue weighted by atomic mass is 10.3. The molecular formula is C13H15N5S. The van der Waals surface area contributed by atoms with Crippen LogP contribution in [0, 0.1) is 6.92 Å². The minimum atomic E-state index is 0.252. The summed E-state index contributed by atoms with van der Waals surface area (Å²) in [5.74, 6) is 0.753. The van der Waals surface area contributed by atoms with Gasteiger partial charge in [-0.15, -0.1) is 0 Å². The molecule has 0 amide bonds. The van der Waals surface area contributed by atoms with E-state index in [1.165, 1.54) is 0 Å². The number of aromatic nitrogens is 3. The van der Waals surface area contributed by atoms with Crippen molar-refractivity contribution in [1.82, 2.24) is 15.0 Å². The topological polar surface area (TPSA) is 67.9 Å². The van der Waals surface area contributed by atoms with Crippen molar-refractivity contribution in [1.29, 1.82) is 0 Å². The summed E-state index contributed by atoms with van der Waals surface area (Å²) < 4.78 is 0. The Balaban J connectivity index is 2.11. The first-order valence-electron chi connectivity index (χ1n) is 5.82. The number of nitrogens with two attached hydrogens (primary N) is 1. The summed E-state index contributed by atoms with van der Waals surface area (Å²) in [6.07, 6.45) is 3.24. The molecule has 0 atom stereocenters. The number of pyridine rings is 1. The van der Waals surface area contributed by atoms with Gasteiger partial charge in [-0.3, -0.25) is 4.98 Å². The molecule has 0 saturated heterocycles. The molecule has 2 N–H and O–H groups in total. The van der Waals surface area contributed by atoms with Gasteiger partial charge in [-0.1, -0.05) is 18.3 Å². The van der Waals surface area contributed by atoms with Gasteiger partial charge in [0.05, 0.1) is 24.6 Å². The number of hydrogen-bond donors (Lipinski definition) is 1. The predicted octanol–water partition coefficient (Wildman–Crippen LogP) is 1.45. The molecule has 5 nitrogen and oxygen atoms in total. The summed E-state index contributed by atoms with van der Waals surface area (Å²) in [5.41, 5.74) is 8.00. The van der Waals surface area contributed by atoms with E-state index in [0.29, 0.717) is 12.2 Å². The highest BCUT2D eigenvalue weighted by Crippen LogP contribution is 2.10. The molecule has 0 bridgehead atoms. The molecule has 0 radical (unpaired) electrons. The Morgan fingerprint density at radius 1 is 1.32 bits per heavy atom. The van der Waals surface area contributed by atoms with Gasteiger partial charge in [0.15, 0.2) is 0 Å². The minimum absolute atomic E-state index is 0.252. The first kappa shape index (κ1) is 13.4. The summed E-state index contributed by atoms with van der Waals surface area (Å²) >= 11 is 4.84. The molecule has 0 aliphatic carbocycles. The largest absolute Gasteiger partial charge is 0.388 e. The Kier molecular flexibility index (Phi) is 4.01. The SMILES string of the molecule is Cc1cccc(CN(C)c2cnc(C(N)=S)cn2)n1. The Bertz CT molecular complexity index is 582. The summed E-state index contributed by atoms with van der Waals surface area (Å²) in [6.45, 7) is 2.64. The Hall–Kier alpha value is -2.08. The highest BCUT2D eigenvalue weighted by Gasteiger charge is 2.06. The third kappa shape index (κ3) is 3.45. The van der Waals surface area contributed by atoms with E-state index in [0.717, 1.165) is 17.2 Å². The average Bonchev–Trinajstić information content (AvgIpc) is 2.39. The van der Waals surface area contributed by atoms with Gasteiger partial charge in [0.2, 0.25) is 0 Å². The maximum absolute atomic E-state index is 5.49. The molecule has 6 heteroatoms. The molecule has 0 unspecified atom stereocenters. The van der Waals surface area contributed by atoms with E-state index in [9.17, 15) is 0 Å². The molecule has 0 fully saturated rings. The van der Waals surface area contributed by atoms with E-state index in [-0.39, 0.29) is 4.99 Å². The highest BCUT2D eigenvalue weighted by molar-refractivity contribution is 7.80. The number of rotatable bonds is 4. The van der Waals surface area contributed by atoms with Gasteiger partial charge in [0.25, 0.3) is 0 Å². The van der Waals surface area contributed by atoms with Crippen LogP contribution in [0.2, 0.25) is 0 Å². The molecular weight excluding hydrogens is 258 g/mol. The maximum Gasteiger partial charge on any atom is 0.147 e. The Morgan fingerprint density at radius 2 is 2.11 bits per heavy atom. The molecule has 0 aliphatic heterocycles. The van der Waals surface area contributed by atoms with Gasteiger partial charge < -0.3 is 10.6 Å². The normalized spacial score (nSPS) is 10.2. The number of aryl methyl sites for hydroxylation is 1. The molecule has 19 heavy (non-hydrogen) atoms. The van der Waals surface area contributed by atoms with E-state index in [2.05, 4.69) is 15.0 Å². The van der Waals surface area contributed by atoms with Gasteiger partial charge in [0.1, 0.15) is 16.5 Å². The second-order valence-electron chi connectivity index (χ2n) is 4.25. The molecule has 0 saturated carbocycles. The van der Waals surface area contributed by atoms with Crippen LogP contribution in [0.4, 0.5) is 5.82 Å². The minimum Gasteiger partial charge on any atom is -0.388 e. The summed E-state index contributed by atoms with van der Waals surface area (Å²) in [4.78, 5) is 15.1. The van der Waals surface area contributed by atoms with E-state index in [4.69, 9.17) is 18.0 Å². The Morgan fingerprint density at radius 3 is 2.68 bits per heavy atom. The summed E-state index contributed by atoms with van der Waals surface area (Å²) in [6, 6.07) is 5.95. The first-order chi connectivity index (χ1) is 9.06. The second-order valence-corrected chi connectivity index (χ2v) is 4.69. The van der Waals surface area contributed by atoms with E-state index in [1.807, 2.05) is 37.1 Å². The van der Waals surface area contributed by atoms with Gasteiger partial charge in [0, 0.05) is 12.7 Å². The van der Waals surface area contributed by atoms with E-state index in [1.54, 1.807) is 12.4 Å². The smallest absolute Gasteiger partial charge is 0.147 e. The highest BCUT2D eigenvalue weighted by atomic mass is 32.1. The molecule has 2 heterocycles. The van der Waals surface area contributed by atoms with Crippen LogP contribution in [-0.2, 0) is 6.54 Å². The lowest BCUT2D eigenvalue weighted by molar-refractivity contribution is 0.853. The van der Waals surface area contributed by atoms with Crippen molar-refractivity contribution in [2.75, 3.05) is 11.9 Å². The fraction of sp³-hybridized carbons (Fsp3) is 0.231. The van der Waals surface area contributed by atoms with Crippen LogP contribution in [-0.4, -0.2) is 27.0 Å². The zero-order chi connectivity index (χ0) is 13.8. The van der Waals surface area contributed by atoms with Gasteiger partial charge >= 0.3 is 0 Å². The lowest BCUT2D eigenvalue weighted by Gasteiger charge is -2.17. The molecule has 2 rings (SSSR count). The van der Waals surface area contributed by atoms with Crippen molar-refractivity contribution < 1.29 is 0 Å². The van der Waals surface area contributed by atoms with Crippen LogP contribution in [0.25, 0.3) is 0 Å². The maximum atomic E-state index is 5.49. The van der Waals surface area contributed by atoms with Crippen LogP contribution in [0.1, 0.15) is 17.1 Å². The van der Waals surface area contributed by atoms with Crippen LogP contribution in [0.15, 0.2) is 30.6 Å². The van der Waals surface area contributed by atoms with Gasteiger partial charge in [-0.2, -0.15) is 0 Å². The monoisotopic (exact) mass is 273 g/mol. The van der Waals surface area contributed by atoms with Crippen LogP contribution >= 0.6 is 12.2 Å². The van der Waals surface area contributed by atoms with Crippen LogP contribution in [0.5, 0.6) is 0 Å². The zero-order valence-corrected chi connectivity index (χ0v) is 11.7. The molecule has 2 aromatic rings. The van der Waals surface area contributed by atoms with Crippen molar-refractivity contribution in [3.63, 3.8) is 0 Å². The first-order valence-corrected chi connectivity index (χ1v) is 6.22. The number of thiocarbonyl (C=S) groups is 1. The summed E-state index contributed by atoms with van der Waals surface area (Å²) in [5, 5.41) is 0. The average molecular weight is 273 g/mol. The molecule has 98 valence electrons. The zero-order valence-electron chi connectivity index (χ0n) is 10.9. The fourth-order valence-electron chi connectivity index (χ4n) is 1.66. The lowest BCUT2D eigenvalue weighted by Crippen LogP contribution is -2.20. The van der Waals surface area contributed by atoms with Gasteiger partial charge in [-0.05, 0) is 19.1 Å². The predicted molar refractivity (Wildman–Crippen MR) is 79.0 cm³/mol.